The van der Waals surface area contributed by atoms with Crippen LogP contribution in [0.25, 0.3) is 0 Å². The first-order valence-electron chi connectivity index (χ1n) is 9.41. The quantitative estimate of drug-likeness (QED) is 0.793. The number of carbonyl (C=O) groups is 2. The summed E-state index contributed by atoms with van der Waals surface area (Å²) in [5, 5.41) is 2.95. The Morgan fingerprint density at radius 2 is 1.81 bits per heavy atom. The molecule has 0 aromatic heterocycles. The molecule has 7 nitrogen and oxygen atoms in total. The van der Waals surface area contributed by atoms with Crippen molar-refractivity contribution in [1.82, 2.24) is 20.0 Å². The summed E-state index contributed by atoms with van der Waals surface area (Å²) in [6, 6.07) is 8.86. The summed E-state index contributed by atoms with van der Waals surface area (Å²) in [5.74, 6) is -0.373. The highest BCUT2D eigenvalue weighted by Gasteiger charge is 2.37. The number of hydrogen-bond donors (Lipinski definition) is 1. The number of urea groups is 1. The summed E-state index contributed by atoms with van der Waals surface area (Å²) in [7, 11) is 3.81. The maximum Gasteiger partial charge on any atom is 0.338 e. The number of amides is 2. The molecular formula is C20H28N4O3. The Morgan fingerprint density at radius 1 is 1.15 bits per heavy atom. The molecule has 0 aliphatic carbocycles. The number of likely N-dealkylation sites (N-methyl/N-ethyl adjacent to an activating group) is 2. The van der Waals surface area contributed by atoms with Crippen LogP contribution in [0.4, 0.5) is 4.79 Å². The van der Waals surface area contributed by atoms with Gasteiger partial charge < -0.3 is 15.0 Å². The topological polar surface area (TPSA) is 65.1 Å². The lowest BCUT2D eigenvalue weighted by atomic mass is 9.94. The average molecular weight is 372 g/mol. The second kappa shape index (κ2) is 8.54. The number of nitrogens with zero attached hydrogens (tertiary/aromatic N) is 3. The predicted octanol–water partition coefficient (Wildman–Crippen LogP) is 1.45. The molecule has 1 saturated heterocycles. The molecular weight excluding hydrogens is 344 g/mol. The number of benzene rings is 1. The third-order valence-corrected chi connectivity index (χ3v) is 5.17. The van der Waals surface area contributed by atoms with Gasteiger partial charge in [-0.15, -0.1) is 0 Å². The van der Waals surface area contributed by atoms with Crippen molar-refractivity contribution < 1.29 is 14.3 Å². The highest BCUT2D eigenvalue weighted by molar-refractivity contribution is 5.95. The van der Waals surface area contributed by atoms with Crippen molar-refractivity contribution in [3.8, 4) is 0 Å². The molecule has 2 aliphatic heterocycles. The summed E-state index contributed by atoms with van der Waals surface area (Å²) < 4.78 is 5.35. The number of rotatable bonds is 5. The van der Waals surface area contributed by atoms with Crippen LogP contribution in [-0.4, -0.2) is 80.1 Å². The van der Waals surface area contributed by atoms with Gasteiger partial charge in [-0.2, -0.15) is 0 Å². The minimum absolute atomic E-state index is 0.207. The Labute approximate surface area is 160 Å². The van der Waals surface area contributed by atoms with Crippen molar-refractivity contribution in [3.63, 3.8) is 0 Å². The van der Waals surface area contributed by atoms with Crippen LogP contribution in [0.1, 0.15) is 18.5 Å². The molecule has 2 amide bonds. The van der Waals surface area contributed by atoms with Crippen molar-refractivity contribution in [3.05, 3.63) is 47.2 Å². The number of carbonyl (C=O) groups excluding carboxylic acids is 2. The number of hydrogen-bond acceptors (Lipinski definition) is 5. The minimum atomic E-state index is -0.503. The molecule has 1 atom stereocenters. The fraction of sp³-hybridized carbons (Fsp3) is 0.500. The predicted molar refractivity (Wildman–Crippen MR) is 103 cm³/mol. The maximum atomic E-state index is 12.9. The number of piperazine rings is 1. The van der Waals surface area contributed by atoms with Crippen LogP contribution in [0.15, 0.2) is 41.6 Å². The van der Waals surface area contributed by atoms with Gasteiger partial charge in [0.05, 0.1) is 18.2 Å². The van der Waals surface area contributed by atoms with Crippen LogP contribution in [0.5, 0.6) is 0 Å². The first-order valence-corrected chi connectivity index (χ1v) is 9.41. The largest absolute Gasteiger partial charge is 0.463 e. The molecule has 1 aromatic carbocycles. The fourth-order valence-corrected chi connectivity index (χ4v) is 3.51. The van der Waals surface area contributed by atoms with Crippen molar-refractivity contribution in [1.29, 1.82) is 0 Å². The van der Waals surface area contributed by atoms with Gasteiger partial charge in [-0.05, 0) is 19.5 Å². The van der Waals surface area contributed by atoms with Gasteiger partial charge in [0, 0.05) is 45.5 Å². The van der Waals surface area contributed by atoms with E-state index in [2.05, 4.69) is 22.2 Å². The molecule has 0 radical (unpaired) electrons. The SMILES string of the molecule is CCOC(=O)C1=C(CN2CCN(C)CC2)N(C)C(=O)NC1c1ccccc1. The maximum absolute atomic E-state index is 12.9. The first-order chi connectivity index (χ1) is 13.0. The molecule has 0 bridgehead atoms. The van der Waals surface area contributed by atoms with Gasteiger partial charge in [-0.3, -0.25) is 9.80 Å². The number of esters is 1. The molecule has 146 valence electrons. The van der Waals surface area contributed by atoms with E-state index in [1.54, 1.807) is 18.9 Å². The van der Waals surface area contributed by atoms with Gasteiger partial charge >= 0.3 is 12.0 Å². The van der Waals surface area contributed by atoms with Crippen molar-refractivity contribution in [2.24, 2.45) is 0 Å². The Morgan fingerprint density at radius 3 is 2.44 bits per heavy atom. The van der Waals surface area contributed by atoms with E-state index < -0.39 is 6.04 Å². The van der Waals surface area contributed by atoms with Crippen LogP contribution >= 0.6 is 0 Å². The van der Waals surface area contributed by atoms with E-state index in [0.29, 0.717) is 18.7 Å². The Kier molecular flexibility index (Phi) is 6.13. The van der Waals surface area contributed by atoms with Gasteiger partial charge in [0.1, 0.15) is 0 Å². The van der Waals surface area contributed by atoms with E-state index in [1.807, 2.05) is 30.3 Å². The Hall–Kier alpha value is -2.38. The van der Waals surface area contributed by atoms with Crippen LogP contribution < -0.4 is 5.32 Å². The highest BCUT2D eigenvalue weighted by Crippen LogP contribution is 2.31. The van der Waals surface area contributed by atoms with Gasteiger partial charge in [0.25, 0.3) is 0 Å². The Balaban J connectivity index is 1.99. The summed E-state index contributed by atoms with van der Waals surface area (Å²) >= 11 is 0. The van der Waals surface area contributed by atoms with Crippen LogP contribution in [0.2, 0.25) is 0 Å². The lowest BCUT2D eigenvalue weighted by Gasteiger charge is -2.38. The van der Waals surface area contributed by atoms with Gasteiger partial charge in [-0.25, -0.2) is 9.59 Å². The zero-order valence-corrected chi connectivity index (χ0v) is 16.3. The first kappa shape index (κ1) is 19.4. The molecule has 0 spiro atoms. The van der Waals surface area contributed by atoms with E-state index in [1.165, 1.54) is 0 Å². The van der Waals surface area contributed by atoms with Crippen LogP contribution in [0.3, 0.4) is 0 Å². The smallest absolute Gasteiger partial charge is 0.338 e. The van der Waals surface area contributed by atoms with Crippen molar-refractivity contribution in [2.75, 3.05) is 53.4 Å². The van der Waals surface area contributed by atoms with E-state index in [-0.39, 0.29) is 12.0 Å². The zero-order chi connectivity index (χ0) is 19.4. The fourth-order valence-electron chi connectivity index (χ4n) is 3.51. The average Bonchev–Trinajstić information content (AvgIpc) is 2.67. The van der Waals surface area contributed by atoms with E-state index in [9.17, 15) is 9.59 Å². The van der Waals surface area contributed by atoms with E-state index in [4.69, 9.17) is 4.74 Å². The monoisotopic (exact) mass is 372 g/mol. The second-order valence-corrected chi connectivity index (χ2v) is 7.01. The third-order valence-electron chi connectivity index (χ3n) is 5.17. The van der Waals surface area contributed by atoms with Crippen LogP contribution in [0, 0.1) is 0 Å². The van der Waals surface area contributed by atoms with Crippen LogP contribution in [-0.2, 0) is 9.53 Å². The molecule has 2 aliphatic rings. The highest BCUT2D eigenvalue weighted by atomic mass is 16.5. The molecule has 1 unspecified atom stereocenters. The summed E-state index contributed by atoms with van der Waals surface area (Å²) in [4.78, 5) is 31.6. The molecule has 1 aromatic rings. The molecule has 1 fully saturated rings. The zero-order valence-electron chi connectivity index (χ0n) is 16.3. The lowest BCUT2D eigenvalue weighted by Crippen LogP contribution is -2.51. The molecule has 3 rings (SSSR count). The van der Waals surface area contributed by atoms with Gasteiger partial charge in [0.2, 0.25) is 0 Å². The van der Waals surface area contributed by atoms with Crippen molar-refractivity contribution >= 4 is 12.0 Å². The number of nitrogens with one attached hydrogen (secondary N) is 1. The summed E-state index contributed by atoms with van der Waals surface area (Å²) in [6.07, 6.45) is 0. The molecule has 27 heavy (non-hydrogen) atoms. The molecule has 1 N–H and O–H groups in total. The number of ether oxygens (including phenoxy) is 1. The van der Waals surface area contributed by atoms with Crippen molar-refractivity contribution in [2.45, 2.75) is 13.0 Å². The molecule has 2 heterocycles. The van der Waals surface area contributed by atoms with E-state index >= 15 is 0 Å². The molecule has 0 saturated carbocycles. The van der Waals surface area contributed by atoms with E-state index in [0.717, 1.165) is 37.4 Å². The van der Waals surface area contributed by atoms with Gasteiger partial charge in [0.15, 0.2) is 0 Å². The normalized spacial score (nSPS) is 22.0. The minimum Gasteiger partial charge on any atom is -0.463 e. The standard InChI is InChI=1S/C20H28N4O3/c1-4-27-19(25)17-16(14-24-12-10-22(2)11-13-24)23(3)20(26)21-18(17)15-8-6-5-7-9-15/h5-9,18H,4,10-14H2,1-3H3,(H,21,26). The summed E-state index contributed by atoms with van der Waals surface area (Å²) in [5.41, 5.74) is 2.11. The third kappa shape index (κ3) is 4.31. The van der Waals surface area contributed by atoms with Gasteiger partial charge in [-0.1, -0.05) is 30.3 Å². The molecule has 7 heteroatoms. The lowest BCUT2D eigenvalue weighted by molar-refractivity contribution is -0.139. The Bertz CT molecular complexity index is 711. The summed E-state index contributed by atoms with van der Waals surface area (Å²) in [6.45, 7) is 6.39. The second-order valence-electron chi connectivity index (χ2n) is 7.01.